The molecule has 1 nitrogen and oxygen atoms in total. The molecular formula is C9H19O. The minimum absolute atomic E-state index is 0.478. The molecule has 1 heteroatoms. The van der Waals surface area contributed by atoms with E-state index in [0.29, 0.717) is 6.10 Å². The van der Waals surface area contributed by atoms with E-state index in [1.807, 2.05) is 0 Å². The highest BCUT2D eigenvalue weighted by atomic mass is 16.5. The zero-order chi connectivity index (χ0) is 7.82. The van der Waals surface area contributed by atoms with Gasteiger partial charge in [0.15, 0.2) is 0 Å². The highest BCUT2D eigenvalue weighted by Crippen LogP contribution is 2.05. The van der Waals surface area contributed by atoms with Crippen molar-refractivity contribution in [1.82, 2.24) is 0 Å². The van der Waals surface area contributed by atoms with Crippen LogP contribution in [0.3, 0.4) is 0 Å². The second kappa shape index (κ2) is 7.07. The lowest BCUT2D eigenvalue weighted by atomic mass is 10.2. The molecule has 0 N–H and O–H groups in total. The van der Waals surface area contributed by atoms with E-state index in [1.165, 1.54) is 12.8 Å². The smallest absolute Gasteiger partial charge is 0.0572 e. The van der Waals surface area contributed by atoms with Gasteiger partial charge in [0.05, 0.1) is 6.10 Å². The summed E-state index contributed by atoms with van der Waals surface area (Å²) in [6, 6.07) is 0. The Morgan fingerprint density at radius 2 is 2.10 bits per heavy atom. The lowest BCUT2D eigenvalue weighted by Crippen LogP contribution is -2.11. The lowest BCUT2D eigenvalue weighted by Gasteiger charge is -2.13. The molecule has 1 radical (unpaired) electrons. The summed E-state index contributed by atoms with van der Waals surface area (Å²) in [6.45, 7) is 8.91. The third-order valence-corrected chi connectivity index (χ3v) is 1.56. The van der Waals surface area contributed by atoms with Crippen LogP contribution in [-0.4, -0.2) is 12.7 Å². The number of hydrogen-bond donors (Lipinski definition) is 0. The molecule has 0 rings (SSSR count). The summed E-state index contributed by atoms with van der Waals surface area (Å²) in [5.41, 5.74) is 0. The van der Waals surface area contributed by atoms with Gasteiger partial charge in [-0.25, -0.2) is 0 Å². The van der Waals surface area contributed by atoms with Crippen LogP contribution in [-0.2, 0) is 4.74 Å². The molecule has 0 saturated heterocycles. The molecule has 0 aromatic carbocycles. The van der Waals surface area contributed by atoms with Gasteiger partial charge in [-0.3, -0.25) is 0 Å². The van der Waals surface area contributed by atoms with E-state index in [4.69, 9.17) is 4.74 Å². The van der Waals surface area contributed by atoms with Crippen molar-refractivity contribution in [3.8, 4) is 0 Å². The quantitative estimate of drug-likeness (QED) is 0.555. The molecule has 0 heterocycles. The molecule has 10 heavy (non-hydrogen) atoms. The van der Waals surface area contributed by atoms with Crippen LogP contribution < -0.4 is 0 Å². The standard InChI is InChI=1S/C9H19O/c1-4-7-9(6-3)10-8-5-2/h9H,2,4-8H2,1,3H3. The fourth-order valence-corrected chi connectivity index (χ4v) is 0.977. The summed E-state index contributed by atoms with van der Waals surface area (Å²) in [4.78, 5) is 0. The highest BCUT2D eigenvalue weighted by molar-refractivity contribution is 4.53. The summed E-state index contributed by atoms with van der Waals surface area (Å²) >= 11 is 0. The maximum atomic E-state index is 5.52. The molecule has 0 aromatic heterocycles. The predicted octanol–water partition coefficient (Wildman–Crippen LogP) is 2.81. The monoisotopic (exact) mass is 143 g/mol. The van der Waals surface area contributed by atoms with E-state index < -0.39 is 0 Å². The summed E-state index contributed by atoms with van der Waals surface area (Å²) in [5.74, 6) is 0. The zero-order valence-electron chi connectivity index (χ0n) is 7.23. The number of ether oxygens (including phenoxy) is 1. The molecular weight excluding hydrogens is 124 g/mol. The van der Waals surface area contributed by atoms with Gasteiger partial charge in [-0.05, 0) is 19.3 Å². The molecule has 0 spiro atoms. The van der Waals surface area contributed by atoms with Gasteiger partial charge in [-0.2, -0.15) is 0 Å². The second-order valence-corrected chi connectivity index (χ2v) is 2.54. The van der Waals surface area contributed by atoms with Crippen molar-refractivity contribution in [2.75, 3.05) is 6.61 Å². The first-order valence-corrected chi connectivity index (χ1v) is 4.26. The van der Waals surface area contributed by atoms with Crippen molar-refractivity contribution < 1.29 is 4.74 Å². The van der Waals surface area contributed by atoms with E-state index in [-0.39, 0.29) is 0 Å². The van der Waals surface area contributed by atoms with Gasteiger partial charge < -0.3 is 4.74 Å². The fourth-order valence-electron chi connectivity index (χ4n) is 0.977. The first-order chi connectivity index (χ1) is 4.85. The molecule has 1 atom stereocenters. The van der Waals surface area contributed by atoms with E-state index in [9.17, 15) is 0 Å². The van der Waals surface area contributed by atoms with Gasteiger partial charge in [0.2, 0.25) is 0 Å². The minimum atomic E-state index is 0.478. The summed E-state index contributed by atoms with van der Waals surface area (Å²) in [7, 11) is 0. The van der Waals surface area contributed by atoms with Crippen molar-refractivity contribution in [2.45, 2.75) is 45.6 Å². The predicted molar refractivity (Wildman–Crippen MR) is 44.9 cm³/mol. The Morgan fingerprint density at radius 1 is 1.40 bits per heavy atom. The van der Waals surface area contributed by atoms with Crippen molar-refractivity contribution in [1.29, 1.82) is 0 Å². The minimum Gasteiger partial charge on any atom is -0.378 e. The zero-order valence-corrected chi connectivity index (χ0v) is 7.23. The summed E-state index contributed by atoms with van der Waals surface area (Å²) < 4.78 is 5.52. The largest absolute Gasteiger partial charge is 0.378 e. The molecule has 0 aliphatic rings. The van der Waals surface area contributed by atoms with Gasteiger partial charge >= 0.3 is 0 Å². The lowest BCUT2D eigenvalue weighted by molar-refractivity contribution is 0.0473. The van der Waals surface area contributed by atoms with Crippen molar-refractivity contribution in [2.24, 2.45) is 0 Å². The van der Waals surface area contributed by atoms with Crippen LogP contribution in [0.4, 0.5) is 0 Å². The Morgan fingerprint density at radius 3 is 2.50 bits per heavy atom. The summed E-state index contributed by atoms with van der Waals surface area (Å²) in [6.07, 6.45) is 4.91. The molecule has 0 fully saturated rings. The van der Waals surface area contributed by atoms with Crippen LogP contribution in [0, 0.1) is 6.92 Å². The topological polar surface area (TPSA) is 9.23 Å². The number of rotatable bonds is 6. The molecule has 1 unspecified atom stereocenters. The Labute approximate surface area is 64.8 Å². The SMILES string of the molecule is [CH2]CCOC(CC)CCC. The van der Waals surface area contributed by atoms with Crippen LogP contribution in [0.25, 0.3) is 0 Å². The average Bonchev–Trinajstić information content (AvgIpc) is 1.98. The van der Waals surface area contributed by atoms with Crippen LogP contribution >= 0.6 is 0 Å². The number of hydrogen-bond acceptors (Lipinski definition) is 1. The first-order valence-electron chi connectivity index (χ1n) is 4.26. The van der Waals surface area contributed by atoms with E-state index >= 15 is 0 Å². The molecule has 0 aromatic rings. The average molecular weight is 143 g/mol. The summed E-state index contributed by atoms with van der Waals surface area (Å²) in [5, 5.41) is 0. The van der Waals surface area contributed by atoms with Crippen molar-refractivity contribution in [3.05, 3.63) is 6.92 Å². The van der Waals surface area contributed by atoms with Crippen LogP contribution in [0.5, 0.6) is 0 Å². The van der Waals surface area contributed by atoms with Gasteiger partial charge in [0.25, 0.3) is 0 Å². The van der Waals surface area contributed by atoms with Crippen LogP contribution in [0.2, 0.25) is 0 Å². The van der Waals surface area contributed by atoms with E-state index in [1.54, 1.807) is 0 Å². The van der Waals surface area contributed by atoms with Gasteiger partial charge in [-0.15, -0.1) is 0 Å². The van der Waals surface area contributed by atoms with Gasteiger partial charge in [-0.1, -0.05) is 27.2 Å². The van der Waals surface area contributed by atoms with Gasteiger partial charge in [0, 0.05) is 6.61 Å². The Hall–Kier alpha value is -0.0400. The maximum absolute atomic E-state index is 5.52. The van der Waals surface area contributed by atoms with Crippen LogP contribution in [0.15, 0.2) is 0 Å². The molecule has 0 saturated carbocycles. The van der Waals surface area contributed by atoms with E-state index in [2.05, 4.69) is 20.8 Å². The van der Waals surface area contributed by atoms with Gasteiger partial charge in [0.1, 0.15) is 0 Å². The first kappa shape index (κ1) is 9.96. The Kier molecular flexibility index (Phi) is 7.04. The Bertz CT molecular complexity index is 61.7. The third kappa shape index (κ3) is 4.80. The fraction of sp³-hybridized carbons (Fsp3) is 0.889. The van der Waals surface area contributed by atoms with Crippen LogP contribution in [0.1, 0.15) is 39.5 Å². The molecule has 0 amide bonds. The van der Waals surface area contributed by atoms with Crippen molar-refractivity contribution in [3.63, 3.8) is 0 Å². The second-order valence-electron chi connectivity index (χ2n) is 2.54. The Balaban J connectivity index is 3.21. The third-order valence-electron chi connectivity index (χ3n) is 1.56. The molecule has 0 aliphatic heterocycles. The molecule has 0 bridgehead atoms. The molecule has 61 valence electrons. The van der Waals surface area contributed by atoms with Crippen molar-refractivity contribution >= 4 is 0 Å². The highest BCUT2D eigenvalue weighted by Gasteiger charge is 2.02. The van der Waals surface area contributed by atoms with E-state index in [0.717, 1.165) is 19.4 Å². The normalized spacial score (nSPS) is 13.5. The maximum Gasteiger partial charge on any atom is 0.0572 e. The molecule has 0 aliphatic carbocycles.